The Morgan fingerprint density at radius 3 is 2.59 bits per heavy atom. The number of aromatic nitrogens is 1. The van der Waals surface area contributed by atoms with Gasteiger partial charge in [-0.2, -0.15) is 10.5 Å². The Hall–Kier alpha value is -1.62. The van der Waals surface area contributed by atoms with Gasteiger partial charge in [-0.1, -0.05) is 33.6 Å². The standard InChI is InChI=1S/C12H5BrClN3/c13-9-2-1-7-3-11(14)17-12(10(7)4-9)8(5-15)6-16/h1-4,8H. The van der Waals surface area contributed by atoms with Crippen LogP contribution in [0.25, 0.3) is 10.8 Å². The van der Waals surface area contributed by atoms with Gasteiger partial charge in [-0.05, 0) is 23.6 Å². The SMILES string of the molecule is N#CC(C#N)c1nc(Cl)cc2ccc(Br)cc12. The van der Waals surface area contributed by atoms with Gasteiger partial charge in [-0.15, -0.1) is 0 Å². The van der Waals surface area contributed by atoms with Crippen LogP contribution in [-0.4, -0.2) is 4.98 Å². The Kier molecular flexibility index (Phi) is 3.28. The number of benzene rings is 1. The molecule has 0 saturated carbocycles. The quantitative estimate of drug-likeness (QED) is 0.753. The topological polar surface area (TPSA) is 60.5 Å². The van der Waals surface area contributed by atoms with Gasteiger partial charge in [0.15, 0.2) is 5.92 Å². The lowest BCUT2D eigenvalue weighted by molar-refractivity contribution is 1.03. The first-order valence-corrected chi connectivity index (χ1v) is 5.87. The summed E-state index contributed by atoms with van der Waals surface area (Å²) in [4.78, 5) is 4.08. The van der Waals surface area contributed by atoms with Crippen LogP contribution in [-0.2, 0) is 0 Å². The van der Waals surface area contributed by atoms with Gasteiger partial charge in [-0.3, -0.25) is 0 Å². The summed E-state index contributed by atoms with van der Waals surface area (Å²) in [5.74, 6) is -0.912. The second kappa shape index (κ2) is 4.71. The van der Waals surface area contributed by atoms with Crippen LogP contribution in [0.15, 0.2) is 28.7 Å². The number of hydrogen-bond acceptors (Lipinski definition) is 3. The van der Waals surface area contributed by atoms with E-state index in [2.05, 4.69) is 20.9 Å². The molecule has 5 heteroatoms. The number of nitrogens with zero attached hydrogens (tertiary/aromatic N) is 3. The predicted octanol–water partition coefficient (Wildman–Crippen LogP) is 3.78. The van der Waals surface area contributed by atoms with Crippen molar-refractivity contribution in [3.8, 4) is 12.1 Å². The molecule has 0 saturated heterocycles. The van der Waals surface area contributed by atoms with Gasteiger partial charge in [0.25, 0.3) is 0 Å². The van der Waals surface area contributed by atoms with E-state index in [0.717, 1.165) is 15.2 Å². The highest BCUT2D eigenvalue weighted by molar-refractivity contribution is 9.10. The lowest BCUT2D eigenvalue weighted by Gasteiger charge is -2.07. The Labute approximate surface area is 111 Å². The Balaban J connectivity index is 2.82. The van der Waals surface area contributed by atoms with Crippen molar-refractivity contribution >= 4 is 38.3 Å². The summed E-state index contributed by atoms with van der Waals surface area (Å²) in [5, 5.41) is 19.8. The minimum absolute atomic E-state index is 0.283. The maximum Gasteiger partial charge on any atom is 0.175 e. The van der Waals surface area contributed by atoms with Gasteiger partial charge < -0.3 is 0 Å². The third-order valence-electron chi connectivity index (χ3n) is 2.32. The maximum absolute atomic E-state index is 8.93. The van der Waals surface area contributed by atoms with E-state index in [1.54, 1.807) is 6.07 Å². The van der Waals surface area contributed by atoms with Crippen molar-refractivity contribution in [1.29, 1.82) is 10.5 Å². The molecule has 0 spiro atoms. The van der Waals surface area contributed by atoms with Crippen molar-refractivity contribution < 1.29 is 0 Å². The molecule has 2 rings (SSSR count). The number of halogens is 2. The minimum Gasteiger partial charge on any atom is -0.238 e. The first kappa shape index (κ1) is 11.9. The molecule has 0 aliphatic heterocycles. The third kappa shape index (κ3) is 2.24. The molecule has 0 bridgehead atoms. The molecule has 0 amide bonds. The van der Waals surface area contributed by atoms with Crippen LogP contribution >= 0.6 is 27.5 Å². The van der Waals surface area contributed by atoms with E-state index in [4.69, 9.17) is 22.1 Å². The van der Waals surface area contributed by atoms with E-state index in [0.29, 0.717) is 5.69 Å². The third-order valence-corrected chi connectivity index (χ3v) is 3.01. The van der Waals surface area contributed by atoms with Crippen molar-refractivity contribution in [1.82, 2.24) is 4.98 Å². The van der Waals surface area contributed by atoms with Crippen molar-refractivity contribution in [2.24, 2.45) is 0 Å². The molecule has 0 unspecified atom stereocenters. The van der Waals surface area contributed by atoms with Crippen molar-refractivity contribution in [2.75, 3.05) is 0 Å². The molecule has 3 nitrogen and oxygen atoms in total. The molecule has 0 aliphatic rings. The summed E-state index contributed by atoms with van der Waals surface area (Å²) in [6.07, 6.45) is 0. The van der Waals surface area contributed by atoms with Crippen LogP contribution in [0.4, 0.5) is 0 Å². The highest BCUT2D eigenvalue weighted by atomic mass is 79.9. The van der Waals surface area contributed by atoms with E-state index in [1.807, 2.05) is 30.3 Å². The van der Waals surface area contributed by atoms with Gasteiger partial charge in [0.05, 0.1) is 17.8 Å². The normalized spacial score (nSPS) is 10.2. The van der Waals surface area contributed by atoms with Crippen LogP contribution in [0, 0.1) is 22.7 Å². The molecule has 17 heavy (non-hydrogen) atoms. The summed E-state index contributed by atoms with van der Waals surface area (Å²) in [5.41, 5.74) is 0.402. The van der Waals surface area contributed by atoms with Crippen molar-refractivity contribution in [3.63, 3.8) is 0 Å². The van der Waals surface area contributed by atoms with E-state index >= 15 is 0 Å². The molecular formula is C12H5BrClN3. The molecule has 82 valence electrons. The lowest BCUT2D eigenvalue weighted by Crippen LogP contribution is -1.98. The van der Waals surface area contributed by atoms with Crippen LogP contribution in [0.1, 0.15) is 11.6 Å². The number of hydrogen-bond donors (Lipinski definition) is 0. The molecular weight excluding hydrogens is 302 g/mol. The van der Waals surface area contributed by atoms with Crippen LogP contribution < -0.4 is 0 Å². The van der Waals surface area contributed by atoms with Crippen LogP contribution in [0.3, 0.4) is 0 Å². The zero-order valence-electron chi connectivity index (χ0n) is 8.48. The molecule has 0 N–H and O–H groups in total. The average molecular weight is 307 g/mol. The predicted molar refractivity (Wildman–Crippen MR) is 68.4 cm³/mol. The average Bonchev–Trinajstić information content (AvgIpc) is 2.31. The van der Waals surface area contributed by atoms with Crippen molar-refractivity contribution in [3.05, 3.63) is 39.6 Å². The molecule has 0 aliphatic carbocycles. The van der Waals surface area contributed by atoms with E-state index in [-0.39, 0.29) is 5.15 Å². The highest BCUT2D eigenvalue weighted by Crippen LogP contribution is 2.28. The zero-order chi connectivity index (χ0) is 12.4. The zero-order valence-corrected chi connectivity index (χ0v) is 10.8. The minimum atomic E-state index is -0.912. The first-order chi connectivity index (χ1) is 8.15. The monoisotopic (exact) mass is 305 g/mol. The van der Waals surface area contributed by atoms with Gasteiger partial charge >= 0.3 is 0 Å². The summed E-state index contributed by atoms with van der Waals surface area (Å²) in [6.45, 7) is 0. The van der Waals surface area contributed by atoms with Gasteiger partial charge in [0.1, 0.15) is 5.15 Å². The first-order valence-electron chi connectivity index (χ1n) is 4.70. The fraction of sp³-hybridized carbons (Fsp3) is 0.0833. The van der Waals surface area contributed by atoms with Crippen LogP contribution in [0.2, 0.25) is 5.15 Å². The summed E-state index contributed by atoms with van der Waals surface area (Å²) in [6, 6.07) is 11.1. The lowest BCUT2D eigenvalue weighted by atomic mass is 10.0. The smallest absolute Gasteiger partial charge is 0.175 e. The van der Waals surface area contributed by atoms with Crippen molar-refractivity contribution in [2.45, 2.75) is 5.92 Å². The molecule has 2 aromatic rings. The molecule has 0 fully saturated rings. The van der Waals surface area contributed by atoms with E-state index < -0.39 is 5.92 Å². The molecule has 0 atom stereocenters. The number of nitriles is 2. The van der Waals surface area contributed by atoms with Gasteiger partial charge in [-0.25, -0.2) is 4.98 Å². The molecule has 1 aromatic carbocycles. The highest BCUT2D eigenvalue weighted by Gasteiger charge is 2.16. The Morgan fingerprint density at radius 2 is 1.94 bits per heavy atom. The largest absolute Gasteiger partial charge is 0.238 e. The fourth-order valence-electron chi connectivity index (χ4n) is 1.58. The fourth-order valence-corrected chi connectivity index (χ4v) is 2.15. The van der Waals surface area contributed by atoms with Crippen LogP contribution in [0.5, 0.6) is 0 Å². The molecule has 1 heterocycles. The Morgan fingerprint density at radius 1 is 1.24 bits per heavy atom. The number of fused-ring (bicyclic) bond motifs is 1. The maximum atomic E-state index is 8.93. The van der Waals surface area contributed by atoms with E-state index in [1.165, 1.54) is 0 Å². The van der Waals surface area contributed by atoms with E-state index in [9.17, 15) is 0 Å². The summed E-state index contributed by atoms with van der Waals surface area (Å²) >= 11 is 9.23. The summed E-state index contributed by atoms with van der Waals surface area (Å²) < 4.78 is 0.866. The second-order valence-electron chi connectivity index (χ2n) is 3.39. The Bertz CT molecular complexity index is 656. The number of pyridine rings is 1. The molecule has 0 radical (unpaired) electrons. The van der Waals surface area contributed by atoms with Gasteiger partial charge in [0, 0.05) is 9.86 Å². The number of rotatable bonds is 1. The van der Waals surface area contributed by atoms with Gasteiger partial charge in [0.2, 0.25) is 0 Å². The second-order valence-corrected chi connectivity index (χ2v) is 4.69. The molecule has 1 aromatic heterocycles. The summed E-state index contributed by atoms with van der Waals surface area (Å²) in [7, 11) is 0.